The SMILES string of the molecule is O=C(O)[C@H]1CCC[C@H]1C(=O)NC1COC1. The third-order valence-electron chi connectivity index (χ3n) is 3.15. The normalized spacial score (nSPS) is 30.9. The van der Waals surface area contributed by atoms with Gasteiger partial charge in [0, 0.05) is 0 Å². The molecule has 15 heavy (non-hydrogen) atoms. The molecule has 0 aromatic heterocycles. The van der Waals surface area contributed by atoms with Gasteiger partial charge in [0.25, 0.3) is 0 Å². The lowest BCUT2D eigenvalue weighted by molar-refractivity contribution is -0.146. The van der Waals surface area contributed by atoms with Gasteiger partial charge in [-0.25, -0.2) is 0 Å². The number of carbonyl (C=O) groups is 2. The summed E-state index contributed by atoms with van der Waals surface area (Å²) >= 11 is 0. The molecular formula is C10H15NO4. The van der Waals surface area contributed by atoms with Crippen molar-refractivity contribution in [3.05, 3.63) is 0 Å². The van der Waals surface area contributed by atoms with Crippen LogP contribution < -0.4 is 5.32 Å². The van der Waals surface area contributed by atoms with Crippen LogP contribution in [0.5, 0.6) is 0 Å². The lowest BCUT2D eigenvalue weighted by atomic mass is 9.95. The molecule has 1 aliphatic carbocycles. The fraction of sp³-hybridized carbons (Fsp3) is 0.800. The van der Waals surface area contributed by atoms with Gasteiger partial charge >= 0.3 is 5.97 Å². The van der Waals surface area contributed by atoms with E-state index in [-0.39, 0.29) is 17.9 Å². The summed E-state index contributed by atoms with van der Waals surface area (Å²) in [6, 6.07) is 0.0903. The summed E-state index contributed by atoms with van der Waals surface area (Å²) in [4.78, 5) is 22.6. The van der Waals surface area contributed by atoms with Gasteiger partial charge in [0.2, 0.25) is 5.91 Å². The van der Waals surface area contributed by atoms with Gasteiger partial charge < -0.3 is 15.2 Å². The molecule has 0 aromatic carbocycles. The van der Waals surface area contributed by atoms with E-state index >= 15 is 0 Å². The number of amides is 1. The number of hydrogen-bond donors (Lipinski definition) is 2. The lowest BCUT2D eigenvalue weighted by Crippen LogP contribution is -2.51. The molecule has 2 N–H and O–H groups in total. The van der Waals surface area contributed by atoms with Gasteiger partial charge in [0.05, 0.1) is 31.1 Å². The third-order valence-corrected chi connectivity index (χ3v) is 3.15. The van der Waals surface area contributed by atoms with Gasteiger partial charge in [0.15, 0.2) is 0 Å². The number of ether oxygens (including phenoxy) is 1. The van der Waals surface area contributed by atoms with Crippen LogP contribution in [0, 0.1) is 11.8 Å². The third kappa shape index (κ3) is 2.12. The van der Waals surface area contributed by atoms with Gasteiger partial charge in [-0.2, -0.15) is 0 Å². The summed E-state index contributed by atoms with van der Waals surface area (Å²) in [6.45, 7) is 1.10. The van der Waals surface area contributed by atoms with E-state index < -0.39 is 11.9 Å². The van der Waals surface area contributed by atoms with Crippen molar-refractivity contribution in [1.82, 2.24) is 5.32 Å². The molecule has 1 saturated heterocycles. The van der Waals surface area contributed by atoms with E-state index in [2.05, 4.69) is 5.32 Å². The smallest absolute Gasteiger partial charge is 0.307 e. The predicted octanol–water partition coefficient (Wildman–Crippen LogP) is 0.00230. The van der Waals surface area contributed by atoms with E-state index in [9.17, 15) is 9.59 Å². The van der Waals surface area contributed by atoms with Crippen molar-refractivity contribution in [3.8, 4) is 0 Å². The van der Waals surface area contributed by atoms with Crippen LogP contribution in [-0.2, 0) is 14.3 Å². The molecular weight excluding hydrogens is 198 g/mol. The van der Waals surface area contributed by atoms with Crippen LogP contribution in [-0.4, -0.2) is 36.2 Å². The van der Waals surface area contributed by atoms with Gasteiger partial charge in [-0.05, 0) is 12.8 Å². The first-order chi connectivity index (χ1) is 7.18. The molecule has 84 valence electrons. The zero-order chi connectivity index (χ0) is 10.8. The number of carbonyl (C=O) groups excluding carboxylic acids is 1. The topological polar surface area (TPSA) is 75.6 Å². The molecule has 0 radical (unpaired) electrons. The highest BCUT2D eigenvalue weighted by molar-refractivity contribution is 5.85. The van der Waals surface area contributed by atoms with E-state index in [1.165, 1.54) is 0 Å². The molecule has 2 fully saturated rings. The van der Waals surface area contributed by atoms with E-state index in [4.69, 9.17) is 9.84 Å². The number of rotatable bonds is 3. The van der Waals surface area contributed by atoms with Crippen molar-refractivity contribution < 1.29 is 19.4 Å². The Morgan fingerprint density at radius 3 is 2.40 bits per heavy atom. The minimum atomic E-state index is -0.850. The zero-order valence-corrected chi connectivity index (χ0v) is 8.44. The largest absolute Gasteiger partial charge is 0.481 e. The summed E-state index contributed by atoms with van der Waals surface area (Å²) in [7, 11) is 0. The number of carboxylic acids is 1. The summed E-state index contributed by atoms with van der Waals surface area (Å²) < 4.78 is 4.94. The molecule has 0 unspecified atom stereocenters. The molecule has 2 rings (SSSR count). The maximum absolute atomic E-state index is 11.7. The maximum Gasteiger partial charge on any atom is 0.307 e. The van der Waals surface area contributed by atoms with Crippen LogP contribution in [0.15, 0.2) is 0 Å². The van der Waals surface area contributed by atoms with Gasteiger partial charge in [0.1, 0.15) is 0 Å². The molecule has 1 aliphatic heterocycles. The monoisotopic (exact) mass is 213 g/mol. The van der Waals surface area contributed by atoms with Crippen molar-refractivity contribution in [1.29, 1.82) is 0 Å². The van der Waals surface area contributed by atoms with Crippen molar-refractivity contribution >= 4 is 11.9 Å². The number of aliphatic carboxylic acids is 1. The molecule has 1 heterocycles. The molecule has 5 nitrogen and oxygen atoms in total. The average Bonchev–Trinajstić information content (AvgIpc) is 2.59. The molecule has 0 aromatic rings. The van der Waals surface area contributed by atoms with Crippen LogP contribution in [0.2, 0.25) is 0 Å². The maximum atomic E-state index is 11.7. The Kier molecular flexibility index (Phi) is 2.90. The fourth-order valence-electron chi connectivity index (χ4n) is 2.20. The van der Waals surface area contributed by atoms with Gasteiger partial charge in [-0.15, -0.1) is 0 Å². The van der Waals surface area contributed by atoms with Gasteiger partial charge in [-0.3, -0.25) is 9.59 Å². The van der Waals surface area contributed by atoms with Crippen LogP contribution >= 0.6 is 0 Å². The lowest BCUT2D eigenvalue weighted by Gasteiger charge is -2.28. The number of hydrogen-bond acceptors (Lipinski definition) is 3. The second-order valence-electron chi connectivity index (χ2n) is 4.23. The van der Waals surface area contributed by atoms with E-state index in [0.717, 1.165) is 6.42 Å². The molecule has 2 aliphatic rings. The fourth-order valence-corrected chi connectivity index (χ4v) is 2.20. The minimum Gasteiger partial charge on any atom is -0.481 e. The standard InChI is InChI=1S/C10H15NO4/c12-9(11-6-4-15-5-6)7-2-1-3-8(7)10(13)14/h6-8H,1-5H2,(H,11,12)(H,13,14)/t7-,8+/m1/s1. The molecule has 2 atom stereocenters. The van der Waals surface area contributed by atoms with E-state index in [1.807, 2.05) is 0 Å². The Balaban J connectivity index is 1.90. The van der Waals surface area contributed by atoms with Crippen molar-refractivity contribution in [3.63, 3.8) is 0 Å². The first-order valence-corrected chi connectivity index (χ1v) is 5.29. The first-order valence-electron chi connectivity index (χ1n) is 5.29. The summed E-state index contributed by atoms with van der Waals surface area (Å²) in [6.07, 6.45) is 2.14. The van der Waals surface area contributed by atoms with Crippen molar-refractivity contribution in [2.75, 3.05) is 13.2 Å². The summed E-state index contributed by atoms with van der Waals surface area (Å²) in [5.41, 5.74) is 0. The van der Waals surface area contributed by atoms with Crippen LogP contribution in [0.4, 0.5) is 0 Å². The highest BCUT2D eigenvalue weighted by atomic mass is 16.5. The second-order valence-corrected chi connectivity index (χ2v) is 4.23. The summed E-state index contributed by atoms with van der Waals surface area (Å²) in [5.74, 6) is -1.81. The Morgan fingerprint density at radius 1 is 1.20 bits per heavy atom. The van der Waals surface area contributed by atoms with Gasteiger partial charge in [-0.1, -0.05) is 6.42 Å². The van der Waals surface area contributed by atoms with Crippen LogP contribution in [0.3, 0.4) is 0 Å². The zero-order valence-electron chi connectivity index (χ0n) is 8.44. The molecule has 0 spiro atoms. The Hall–Kier alpha value is -1.10. The summed E-state index contributed by atoms with van der Waals surface area (Å²) in [5, 5.41) is 11.7. The Labute approximate surface area is 87.8 Å². The molecule has 0 bridgehead atoms. The minimum absolute atomic E-state index is 0.0903. The quantitative estimate of drug-likeness (QED) is 0.692. The molecule has 1 amide bonds. The molecule has 1 saturated carbocycles. The first kappa shape index (κ1) is 10.4. The van der Waals surface area contributed by atoms with Crippen LogP contribution in [0.25, 0.3) is 0 Å². The predicted molar refractivity (Wildman–Crippen MR) is 51.2 cm³/mol. The number of nitrogens with one attached hydrogen (secondary N) is 1. The van der Waals surface area contributed by atoms with Crippen LogP contribution in [0.1, 0.15) is 19.3 Å². The Bertz CT molecular complexity index is 275. The highest BCUT2D eigenvalue weighted by Gasteiger charge is 2.38. The molecule has 5 heteroatoms. The highest BCUT2D eigenvalue weighted by Crippen LogP contribution is 2.32. The van der Waals surface area contributed by atoms with E-state index in [1.54, 1.807) is 0 Å². The number of carboxylic acid groups (broad SMARTS) is 1. The van der Waals surface area contributed by atoms with E-state index in [0.29, 0.717) is 26.1 Å². The Morgan fingerprint density at radius 2 is 1.87 bits per heavy atom. The van der Waals surface area contributed by atoms with Crippen molar-refractivity contribution in [2.45, 2.75) is 25.3 Å². The average molecular weight is 213 g/mol. The second kappa shape index (κ2) is 4.18. The van der Waals surface area contributed by atoms with Crippen molar-refractivity contribution in [2.24, 2.45) is 11.8 Å².